The number of halogens is 2. The molecule has 1 aliphatic rings. The first-order valence-corrected chi connectivity index (χ1v) is 10.5. The zero-order chi connectivity index (χ0) is 19.9. The lowest BCUT2D eigenvalue weighted by Crippen LogP contribution is -2.45. The Morgan fingerprint density at radius 3 is 2.79 bits per heavy atom. The molecule has 0 spiro atoms. The molecule has 0 aliphatic carbocycles. The number of aromatic nitrogens is 1. The summed E-state index contributed by atoms with van der Waals surface area (Å²) in [6, 6.07) is 4.09. The highest BCUT2D eigenvalue weighted by molar-refractivity contribution is 7.09. The molecule has 0 saturated carbocycles. The van der Waals surface area contributed by atoms with Crippen molar-refractivity contribution in [2.75, 3.05) is 31.6 Å². The van der Waals surface area contributed by atoms with Crippen molar-refractivity contribution in [1.29, 1.82) is 0 Å². The van der Waals surface area contributed by atoms with E-state index < -0.39 is 11.6 Å². The number of para-hydroxylation sites is 1. The lowest BCUT2D eigenvalue weighted by molar-refractivity contribution is 0.575. The standard InChI is InChI=1S/C20H27F2N5S/c1-14-13-28-18(25-14)8-3-4-10-24-20(23-2)26-15-9-11-27(12-15)19-16(21)6-5-7-17(19)22/h5-7,13,15H,3-4,8-12H2,1-2H3,(H2,23,24,26). The molecule has 28 heavy (non-hydrogen) atoms. The molecule has 2 heterocycles. The van der Waals surface area contributed by atoms with E-state index in [1.807, 2.05) is 6.92 Å². The predicted octanol–water partition coefficient (Wildman–Crippen LogP) is 3.50. The van der Waals surface area contributed by atoms with Crippen LogP contribution in [0.5, 0.6) is 0 Å². The van der Waals surface area contributed by atoms with Crippen LogP contribution in [0.25, 0.3) is 0 Å². The molecule has 1 unspecified atom stereocenters. The number of nitrogens with one attached hydrogen (secondary N) is 2. The van der Waals surface area contributed by atoms with Gasteiger partial charge >= 0.3 is 0 Å². The van der Waals surface area contributed by atoms with Gasteiger partial charge in [0.2, 0.25) is 0 Å². The van der Waals surface area contributed by atoms with Gasteiger partial charge in [-0.05, 0) is 44.7 Å². The minimum absolute atomic E-state index is 0.0622. The highest BCUT2D eigenvalue weighted by Crippen LogP contribution is 2.26. The van der Waals surface area contributed by atoms with E-state index >= 15 is 0 Å². The second-order valence-corrected chi connectivity index (χ2v) is 7.93. The van der Waals surface area contributed by atoms with E-state index in [1.165, 1.54) is 23.2 Å². The number of aliphatic imine (C=N–C) groups is 1. The van der Waals surface area contributed by atoms with Crippen LogP contribution in [-0.4, -0.2) is 43.7 Å². The summed E-state index contributed by atoms with van der Waals surface area (Å²) in [4.78, 5) is 10.5. The molecule has 8 heteroatoms. The van der Waals surface area contributed by atoms with Crippen LogP contribution in [0.4, 0.5) is 14.5 Å². The Hall–Kier alpha value is -2.22. The summed E-state index contributed by atoms with van der Waals surface area (Å²) in [5, 5.41) is 9.95. The van der Waals surface area contributed by atoms with Gasteiger partial charge in [-0.15, -0.1) is 11.3 Å². The molecule has 5 nitrogen and oxygen atoms in total. The van der Waals surface area contributed by atoms with Gasteiger partial charge in [0.05, 0.1) is 5.01 Å². The third kappa shape index (κ3) is 5.41. The average Bonchev–Trinajstić information content (AvgIpc) is 3.29. The smallest absolute Gasteiger partial charge is 0.191 e. The fourth-order valence-corrected chi connectivity index (χ4v) is 4.20. The van der Waals surface area contributed by atoms with E-state index in [4.69, 9.17) is 0 Å². The molecule has 0 bridgehead atoms. The second kappa shape index (κ2) is 9.82. The fourth-order valence-electron chi connectivity index (χ4n) is 3.39. The Morgan fingerprint density at radius 2 is 2.11 bits per heavy atom. The molecule has 1 saturated heterocycles. The number of thiazole rings is 1. The first-order valence-electron chi connectivity index (χ1n) is 9.64. The maximum atomic E-state index is 14.0. The van der Waals surface area contributed by atoms with Gasteiger partial charge in [-0.1, -0.05) is 6.07 Å². The van der Waals surface area contributed by atoms with E-state index in [-0.39, 0.29) is 11.7 Å². The van der Waals surface area contributed by atoms with E-state index in [2.05, 4.69) is 26.0 Å². The monoisotopic (exact) mass is 407 g/mol. The van der Waals surface area contributed by atoms with Crippen LogP contribution in [0.2, 0.25) is 0 Å². The number of hydrogen-bond acceptors (Lipinski definition) is 4. The predicted molar refractivity (Wildman–Crippen MR) is 111 cm³/mol. The normalized spacial score (nSPS) is 17.2. The van der Waals surface area contributed by atoms with Crippen molar-refractivity contribution < 1.29 is 8.78 Å². The molecule has 1 aromatic heterocycles. The molecule has 2 N–H and O–H groups in total. The van der Waals surface area contributed by atoms with Crippen molar-refractivity contribution in [3.05, 3.63) is 45.9 Å². The second-order valence-electron chi connectivity index (χ2n) is 6.98. The van der Waals surface area contributed by atoms with Crippen LogP contribution >= 0.6 is 11.3 Å². The van der Waals surface area contributed by atoms with Crippen molar-refractivity contribution in [3.8, 4) is 0 Å². The van der Waals surface area contributed by atoms with Gasteiger partial charge in [-0.3, -0.25) is 4.99 Å². The maximum absolute atomic E-state index is 14.0. The molecular weight excluding hydrogens is 380 g/mol. The van der Waals surface area contributed by atoms with Gasteiger partial charge in [0.1, 0.15) is 17.3 Å². The SMILES string of the molecule is CN=C(NCCCCc1nc(C)cs1)NC1CCN(c2c(F)cccc2F)C1. The molecule has 1 aromatic carbocycles. The number of unbranched alkanes of at least 4 members (excludes halogenated alkanes) is 1. The van der Waals surface area contributed by atoms with E-state index in [9.17, 15) is 8.78 Å². The molecule has 1 fully saturated rings. The third-order valence-corrected chi connectivity index (χ3v) is 5.81. The van der Waals surface area contributed by atoms with Gasteiger partial charge in [-0.2, -0.15) is 0 Å². The van der Waals surface area contributed by atoms with Crippen LogP contribution in [-0.2, 0) is 6.42 Å². The van der Waals surface area contributed by atoms with E-state index in [0.717, 1.165) is 43.9 Å². The van der Waals surface area contributed by atoms with Crippen molar-refractivity contribution in [1.82, 2.24) is 15.6 Å². The van der Waals surface area contributed by atoms with Gasteiger partial charge < -0.3 is 15.5 Å². The summed E-state index contributed by atoms with van der Waals surface area (Å²) < 4.78 is 28.0. The number of nitrogens with zero attached hydrogens (tertiary/aromatic N) is 3. The third-order valence-electron chi connectivity index (χ3n) is 4.78. The number of anilines is 1. The number of benzene rings is 1. The quantitative estimate of drug-likeness (QED) is 0.419. The molecule has 152 valence electrons. The summed E-state index contributed by atoms with van der Waals surface area (Å²) in [5.41, 5.74) is 1.15. The fraction of sp³-hybridized carbons (Fsp3) is 0.500. The maximum Gasteiger partial charge on any atom is 0.191 e. The Labute approximate surface area is 168 Å². The Balaban J connectivity index is 1.40. The van der Waals surface area contributed by atoms with Crippen molar-refractivity contribution in [2.45, 2.75) is 38.6 Å². The summed E-state index contributed by atoms with van der Waals surface area (Å²) in [7, 11) is 1.73. The number of guanidine groups is 1. The van der Waals surface area contributed by atoms with Gasteiger partial charge in [0.15, 0.2) is 5.96 Å². The largest absolute Gasteiger partial charge is 0.365 e. The van der Waals surface area contributed by atoms with Gasteiger partial charge in [0, 0.05) is 43.8 Å². The zero-order valence-electron chi connectivity index (χ0n) is 16.3. The Kier molecular flexibility index (Phi) is 7.19. The molecule has 2 aromatic rings. The van der Waals surface area contributed by atoms with E-state index in [1.54, 1.807) is 23.3 Å². The van der Waals surface area contributed by atoms with Gasteiger partial charge in [0.25, 0.3) is 0 Å². The molecule has 3 rings (SSSR count). The number of aryl methyl sites for hydroxylation is 2. The summed E-state index contributed by atoms with van der Waals surface area (Å²) in [6.07, 6.45) is 3.90. The summed E-state index contributed by atoms with van der Waals surface area (Å²) in [5.74, 6) is -0.303. The van der Waals surface area contributed by atoms with Crippen molar-refractivity contribution in [3.63, 3.8) is 0 Å². The van der Waals surface area contributed by atoms with Crippen LogP contribution in [0.15, 0.2) is 28.6 Å². The Morgan fingerprint density at radius 1 is 1.32 bits per heavy atom. The van der Waals surface area contributed by atoms with Crippen molar-refractivity contribution >= 4 is 23.0 Å². The Bertz CT molecular complexity index is 787. The summed E-state index contributed by atoms with van der Waals surface area (Å²) in [6.45, 7) is 3.99. The van der Waals surface area contributed by atoms with Crippen LogP contribution < -0.4 is 15.5 Å². The average molecular weight is 408 g/mol. The van der Waals surface area contributed by atoms with Gasteiger partial charge in [-0.25, -0.2) is 13.8 Å². The topological polar surface area (TPSA) is 52.6 Å². The zero-order valence-corrected chi connectivity index (χ0v) is 17.2. The highest BCUT2D eigenvalue weighted by atomic mass is 32.1. The highest BCUT2D eigenvalue weighted by Gasteiger charge is 2.27. The first kappa shape index (κ1) is 20.5. The number of hydrogen-bond donors (Lipinski definition) is 2. The molecule has 0 amide bonds. The molecular formula is C20H27F2N5S. The minimum Gasteiger partial charge on any atom is -0.365 e. The van der Waals surface area contributed by atoms with Crippen molar-refractivity contribution in [2.24, 2.45) is 4.99 Å². The first-order chi connectivity index (χ1) is 13.6. The van der Waals surface area contributed by atoms with Crippen LogP contribution in [0.3, 0.4) is 0 Å². The number of rotatable bonds is 7. The molecule has 1 aliphatic heterocycles. The van der Waals surface area contributed by atoms with Crippen LogP contribution in [0.1, 0.15) is 30.0 Å². The molecule has 1 atom stereocenters. The summed E-state index contributed by atoms with van der Waals surface area (Å²) >= 11 is 1.71. The van der Waals surface area contributed by atoms with E-state index in [0.29, 0.717) is 13.1 Å². The minimum atomic E-state index is -0.515. The lowest BCUT2D eigenvalue weighted by atomic mass is 10.2. The lowest BCUT2D eigenvalue weighted by Gasteiger charge is -2.21. The molecule has 0 radical (unpaired) electrons. The van der Waals surface area contributed by atoms with Crippen LogP contribution in [0, 0.1) is 18.6 Å².